The Labute approximate surface area is 144 Å². The van der Waals surface area contributed by atoms with Crippen molar-refractivity contribution in [3.63, 3.8) is 0 Å². The van der Waals surface area contributed by atoms with Crippen molar-refractivity contribution in [2.45, 2.75) is 32.5 Å². The zero-order valence-electron chi connectivity index (χ0n) is 14.8. The van der Waals surface area contributed by atoms with E-state index in [0.29, 0.717) is 0 Å². The van der Waals surface area contributed by atoms with E-state index in [0.717, 1.165) is 31.9 Å². The largest absolute Gasteiger partial charge is 0.496 e. The molecule has 2 heterocycles. The number of methoxy groups -OCH3 is 1. The van der Waals surface area contributed by atoms with Crippen LogP contribution in [0, 0.1) is 0 Å². The molecule has 0 saturated carbocycles. The van der Waals surface area contributed by atoms with Crippen molar-refractivity contribution in [3.05, 3.63) is 48.0 Å². The number of rotatable bonds is 8. The molecular formula is C19H28N4O. The molecular weight excluding hydrogens is 300 g/mol. The second-order valence-electron chi connectivity index (χ2n) is 6.67. The van der Waals surface area contributed by atoms with E-state index in [2.05, 4.69) is 44.6 Å². The third kappa shape index (κ3) is 4.58. The maximum absolute atomic E-state index is 5.56. The lowest BCUT2D eigenvalue weighted by Gasteiger charge is -2.20. The van der Waals surface area contributed by atoms with E-state index < -0.39 is 0 Å². The SMILES string of the molecule is COc1ccc(CN(C)CCn2ccnc2)cc1CN1CCCC1. The molecule has 1 aliphatic heterocycles. The molecule has 3 rings (SSSR count). The lowest BCUT2D eigenvalue weighted by Crippen LogP contribution is -2.23. The van der Waals surface area contributed by atoms with E-state index >= 15 is 0 Å². The quantitative estimate of drug-likeness (QED) is 0.746. The predicted molar refractivity (Wildman–Crippen MR) is 96.1 cm³/mol. The molecule has 1 aromatic carbocycles. The Bertz CT molecular complexity index is 620. The van der Waals surface area contributed by atoms with Crippen molar-refractivity contribution in [1.82, 2.24) is 19.4 Å². The number of likely N-dealkylation sites (N-methyl/N-ethyl adjacent to an activating group) is 1. The second-order valence-corrected chi connectivity index (χ2v) is 6.67. The van der Waals surface area contributed by atoms with Crippen molar-refractivity contribution in [2.75, 3.05) is 33.8 Å². The first-order chi connectivity index (χ1) is 11.7. The minimum absolute atomic E-state index is 0.950. The molecule has 0 unspecified atom stereocenters. The summed E-state index contributed by atoms with van der Waals surface area (Å²) in [5.74, 6) is 1.01. The van der Waals surface area contributed by atoms with Gasteiger partial charge in [0, 0.05) is 44.1 Å². The summed E-state index contributed by atoms with van der Waals surface area (Å²) in [5, 5.41) is 0. The van der Waals surface area contributed by atoms with Crippen LogP contribution in [0.25, 0.3) is 0 Å². The summed E-state index contributed by atoms with van der Waals surface area (Å²) in [4.78, 5) is 8.96. The lowest BCUT2D eigenvalue weighted by molar-refractivity contribution is 0.308. The van der Waals surface area contributed by atoms with Gasteiger partial charge in [0.15, 0.2) is 0 Å². The normalized spacial score (nSPS) is 15.3. The monoisotopic (exact) mass is 328 g/mol. The molecule has 1 aromatic heterocycles. The van der Waals surface area contributed by atoms with Crippen LogP contribution in [0.3, 0.4) is 0 Å². The molecule has 24 heavy (non-hydrogen) atoms. The molecule has 2 aromatic rings. The van der Waals surface area contributed by atoms with E-state index in [1.165, 1.54) is 37.1 Å². The summed E-state index contributed by atoms with van der Waals surface area (Å²) in [7, 11) is 3.93. The van der Waals surface area contributed by atoms with Gasteiger partial charge in [0.1, 0.15) is 5.75 Å². The van der Waals surface area contributed by atoms with Gasteiger partial charge in [0.05, 0.1) is 13.4 Å². The highest BCUT2D eigenvalue weighted by atomic mass is 16.5. The predicted octanol–water partition coefficient (Wildman–Crippen LogP) is 2.62. The van der Waals surface area contributed by atoms with E-state index in [-0.39, 0.29) is 0 Å². The van der Waals surface area contributed by atoms with E-state index in [1.54, 1.807) is 7.11 Å². The summed E-state index contributed by atoms with van der Waals surface area (Å²) >= 11 is 0. The van der Waals surface area contributed by atoms with Gasteiger partial charge in [-0.05, 0) is 50.7 Å². The number of ether oxygens (including phenoxy) is 1. The molecule has 0 radical (unpaired) electrons. The van der Waals surface area contributed by atoms with Crippen molar-refractivity contribution in [2.24, 2.45) is 0 Å². The zero-order chi connectivity index (χ0) is 16.8. The Hall–Kier alpha value is -1.85. The number of hydrogen-bond donors (Lipinski definition) is 0. The number of likely N-dealkylation sites (tertiary alicyclic amines) is 1. The summed E-state index contributed by atoms with van der Waals surface area (Å²) in [5.41, 5.74) is 2.65. The van der Waals surface area contributed by atoms with Gasteiger partial charge in [-0.25, -0.2) is 4.98 Å². The van der Waals surface area contributed by atoms with Crippen molar-refractivity contribution in [3.8, 4) is 5.75 Å². The van der Waals surface area contributed by atoms with Crippen LogP contribution in [-0.4, -0.2) is 53.1 Å². The maximum Gasteiger partial charge on any atom is 0.123 e. The van der Waals surface area contributed by atoms with Crippen molar-refractivity contribution < 1.29 is 4.74 Å². The molecule has 0 aliphatic carbocycles. The zero-order valence-corrected chi connectivity index (χ0v) is 14.8. The Kier molecular flexibility index (Phi) is 5.88. The van der Waals surface area contributed by atoms with E-state index in [9.17, 15) is 0 Å². The summed E-state index contributed by atoms with van der Waals surface area (Å²) in [6.45, 7) is 6.33. The topological polar surface area (TPSA) is 33.5 Å². The van der Waals surface area contributed by atoms with Crippen molar-refractivity contribution in [1.29, 1.82) is 0 Å². The molecule has 1 saturated heterocycles. The molecule has 1 fully saturated rings. The first kappa shape index (κ1) is 17.0. The summed E-state index contributed by atoms with van der Waals surface area (Å²) in [6, 6.07) is 6.61. The lowest BCUT2D eigenvalue weighted by atomic mass is 10.1. The van der Waals surface area contributed by atoms with Crippen LogP contribution in [0.1, 0.15) is 24.0 Å². The molecule has 0 amide bonds. The second kappa shape index (κ2) is 8.31. The number of imidazole rings is 1. The average molecular weight is 328 g/mol. The van der Waals surface area contributed by atoms with Gasteiger partial charge in [0.2, 0.25) is 0 Å². The number of benzene rings is 1. The average Bonchev–Trinajstić information content (AvgIpc) is 3.27. The molecule has 5 heteroatoms. The van der Waals surface area contributed by atoms with Crippen LogP contribution in [-0.2, 0) is 19.6 Å². The molecule has 1 aliphatic rings. The number of aromatic nitrogens is 2. The molecule has 130 valence electrons. The van der Waals surface area contributed by atoms with Crippen LogP contribution in [0.4, 0.5) is 0 Å². The number of hydrogen-bond acceptors (Lipinski definition) is 4. The molecule has 5 nitrogen and oxygen atoms in total. The molecule has 0 spiro atoms. The van der Waals surface area contributed by atoms with Gasteiger partial charge >= 0.3 is 0 Å². The van der Waals surface area contributed by atoms with Crippen LogP contribution >= 0.6 is 0 Å². The third-order valence-corrected chi connectivity index (χ3v) is 4.69. The Morgan fingerprint density at radius 2 is 2.08 bits per heavy atom. The Morgan fingerprint density at radius 3 is 2.79 bits per heavy atom. The number of nitrogens with zero attached hydrogens (tertiary/aromatic N) is 4. The van der Waals surface area contributed by atoms with Crippen LogP contribution in [0.2, 0.25) is 0 Å². The highest BCUT2D eigenvalue weighted by Gasteiger charge is 2.15. The van der Waals surface area contributed by atoms with Gasteiger partial charge < -0.3 is 14.2 Å². The summed E-state index contributed by atoms with van der Waals surface area (Å²) in [6.07, 6.45) is 8.34. The minimum atomic E-state index is 0.950. The van der Waals surface area contributed by atoms with Crippen molar-refractivity contribution >= 4 is 0 Å². The van der Waals surface area contributed by atoms with Gasteiger partial charge in [-0.15, -0.1) is 0 Å². The third-order valence-electron chi connectivity index (χ3n) is 4.69. The van der Waals surface area contributed by atoms with Gasteiger partial charge in [-0.1, -0.05) is 6.07 Å². The molecule has 0 bridgehead atoms. The fourth-order valence-electron chi connectivity index (χ4n) is 3.33. The van der Waals surface area contributed by atoms with Gasteiger partial charge in [-0.2, -0.15) is 0 Å². The Morgan fingerprint density at radius 1 is 1.25 bits per heavy atom. The maximum atomic E-state index is 5.56. The van der Waals surface area contributed by atoms with Crippen LogP contribution in [0.5, 0.6) is 5.75 Å². The van der Waals surface area contributed by atoms with Gasteiger partial charge in [0.25, 0.3) is 0 Å². The fourth-order valence-corrected chi connectivity index (χ4v) is 3.33. The van der Waals surface area contributed by atoms with E-state index in [4.69, 9.17) is 4.74 Å². The standard InChI is InChI=1S/C19H28N4O/c1-21(11-12-23-10-7-20-16-23)14-17-5-6-19(24-2)18(13-17)15-22-8-3-4-9-22/h5-7,10,13,16H,3-4,8-9,11-12,14-15H2,1-2H3. The highest BCUT2D eigenvalue weighted by molar-refractivity contribution is 5.37. The van der Waals surface area contributed by atoms with Crippen LogP contribution < -0.4 is 4.74 Å². The smallest absolute Gasteiger partial charge is 0.123 e. The van der Waals surface area contributed by atoms with E-state index in [1.807, 2.05) is 18.7 Å². The summed E-state index contributed by atoms with van der Waals surface area (Å²) < 4.78 is 7.68. The molecule has 0 atom stereocenters. The minimum Gasteiger partial charge on any atom is -0.496 e. The first-order valence-corrected chi connectivity index (χ1v) is 8.77. The molecule has 0 N–H and O–H groups in total. The fraction of sp³-hybridized carbons (Fsp3) is 0.526. The highest BCUT2D eigenvalue weighted by Crippen LogP contribution is 2.24. The first-order valence-electron chi connectivity index (χ1n) is 8.77. The Balaban J connectivity index is 1.59. The van der Waals surface area contributed by atoms with Gasteiger partial charge in [-0.3, -0.25) is 4.90 Å². The van der Waals surface area contributed by atoms with Crippen LogP contribution in [0.15, 0.2) is 36.9 Å².